The van der Waals surface area contributed by atoms with Crippen molar-refractivity contribution in [1.29, 1.82) is 0 Å². The van der Waals surface area contributed by atoms with Gasteiger partial charge in [-0.15, -0.1) is 0 Å². The number of fused-ring (bicyclic) bond motifs is 1. The predicted octanol–water partition coefficient (Wildman–Crippen LogP) is 4.57. The number of carbonyl (C=O) groups excluding carboxylic acids is 1. The third kappa shape index (κ3) is 1.71. The standard InChI is InChI=1S/C15H9ClO2/c16-11-6-7-13-12(8-11)15(14(9-17)18-13)10-4-2-1-3-5-10/h1-9H. The van der Waals surface area contributed by atoms with Crippen LogP contribution in [0, 0.1) is 0 Å². The van der Waals surface area contributed by atoms with Crippen LogP contribution in [0.1, 0.15) is 10.6 Å². The van der Waals surface area contributed by atoms with Gasteiger partial charge in [-0.1, -0.05) is 41.9 Å². The van der Waals surface area contributed by atoms with E-state index in [0.29, 0.717) is 16.4 Å². The first-order valence-corrected chi connectivity index (χ1v) is 5.90. The molecule has 0 radical (unpaired) electrons. The zero-order valence-corrected chi connectivity index (χ0v) is 10.1. The number of rotatable bonds is 2. The van der Waals surface area contributed by atoms with Gasteiger partial charge in [0, 0.05) is 16.0 Å². The Morgan fingerprint density at radius 3 is 2.56 bits per heavy atom. The summed E-state index contributed by atoms with van der Waals surface area (Å²) in [6.45, 7) is 0. The van der Waals surface area contributed by atoms with E-state index in [9.17, 15) is 4.79 Å². The highest BCUT2D eigenvalue weighted by Crippen LogP contribution is 2.35. The summed E-state index contributed by atoms with van der Waals surface area (Å²) in [7, 11) is 0. The van der Waals surface area contributed by atoms with E-state index >= 15 is 0 Å². The lowest BCUT2D eigenvalue weighted by Crippen LogP contribution is -1.81. The van der Waals surface area contributed by atoms with Crippen molar-refractivity contribution in [3.8, 4) is 11.1 Å². The van der Waals surface area contributed by atoms with Crippen molar-refractivity contribution in [3.63, 3.8) is 0 Å². The Labute approximate surface area is 109 Å². The minimum absolute atomic E-state index is 0.332. The number of hydrogen-bond donors (Lipinski definition) is 0. The smallest absolute Gasteiger partial charge is 0.186 e. The van der Waals surface area contributed by atoms with Gasteiger partial charge in [0.1, 0.15) is 5.58 Å². The minimum Gasteiger partial charge on any atom is -0.453 e. The van der Waals surface area contributed by atoms with Crippen molar-refractivity contribution < 1.29 is 9.21 Å². The molecule has 0 aliphatic heterocycles. The van der Waals surface area contributed by atoms with Crippen LogP contribution >= 0.6 is 11.6 Å². The second-order valence-electron chi connectivity index (χ2n) is 3.97. The van der Waals surface area contributed by atoms with Gasteiger partial charge in [0.2, 0.25) is 0 Å². The number of hydrogen-bond acceptors (Lipinski definition) is 2. The van der Waals surface area contributed by atoms with Crippen LogP contribution in [-0.2, 0) is 0 Å². The van der Waals surface area contributed by atoms with Gasteiger partial charge in [-0.25, -0.2) is 0 Å². The molecule has 0 bridgehead atoms. The number of furan rings is 1. The van der Waals surface area contributed by atoms with Crippen molar-refractivity contribution in [2.75, 3.05) is 0 Å². The fraction of sp³-hybridized carbons (Fsp3) is 0. The first kappa shape index (κ1) is 11.1. The molecule has 3 aromatic rings. The highest BCUT2D eigenvalue weighted by atomic mass is 35.5. The largest absolute Gasteiger partial charge is 0.453 e. The molecule has 2 aromatic carbocycles. The van der Waals surface area contributed by atoms with Crippen molar-refractivity contribution in [1.82, 2.24) is 0 Å². The van der Waals surface area contributed by atoms with E-state index < -0.39 is 0 Å². The Balaban J connectivity index is 2.38. The molecule has 0 unspecified atom stereocenters. The van der Waals surface area contributed by atoms with Crippen LogP contribution in [0.2, 0.25) is 5.02 Å². The predicted molar refractivity (Wildman–Crippen MR) is 72.0 cm³/mol. The molecule has 3 rings (SSSR count). The third-order valence-electron chi connectivity index (χ3n) is 2.85. The van der Waals surface area contributed by atoms with E-state index in [1.54, 1.807) is 12.1 Å². The summed E-state index contributed by atoms with van der Waals surface area (Å²) < 4.78 is 5.53. The van der Waals surface area contributed by atoms with Crippen molar-refractivity contribution >= 4 is 28.9 Å². The van der Waals surface area contributed by atoms with Crippen LogP contribution in [0.25, 0.3) is 22.1 Å². The fourth-order valence-electron chi connectivity index (χ4n) is 2.07. The quantitative estimate of drug-likeness (QED) is 0.629. The summed E-state index contributed by atoms with van der Waals surface area (Å²) in [5.41, 5.74) is 2.41. The Morgan fingerprint density at radius 1 is 1.06 bits per heavy atom. The third-order valence-corrected chi connectivity index (χ3v) is 3.08. The minimum atomic E-state index is 0.332. The van der Waals surface area contributed by atoms with E-state index in [4.69, 9.17) is 16.0 Å². The summed E-state index contributed by atoms with van der Waals surface area (Å²) in [5.74, 6) is 0.332. The monoisotopic (exact) mass is 256 g/mol. The maximum absolute atomic E-state index is 11.1. The summed E-state index contributed by atoms with van der Waals surface area (Å²) in [4.78, 5) is 11.1. The molecule has 0 aliphatic carbocycles. The van der Waals surface area contributed by atoms with Gasteiger partial charge in [-0.2, -0.15) is 0 Å². The van der Waals surface area contributed by atoms with Crippen LogP contribution in [-0.4, -0.2) is 6.29 Å². The Hall–Kier alpha value is -2.06. The molecule has 0 saturated carbocycles. The van der Waals surface area contributed by atoms with Gasteiger partial charge in [-0.05, 0) is 23.8 Å². The number of carbonyl (C=O) groups is 1. The molecule has 0 amide bonds. The maximum atomic E-state index is 11.1. The van der Waals surface area contributed by atoms with Gasteiger partial charge in [0.25, 0.3) is 0 Å². The molecular formula is C15H9ClO2. The summed E-state index contributed by atoms with van der Waals surface area (Å²) in [6, 6.07) is 15.0. The van der Waals surface area contributed by atoms with Crippen LogP contribution in [0.5, 0.6) is 0 Å². The van der Waals surface area contributed by atoms with Crippen LogP contribution in [0.3, 0.4) is 0 Å². The zero-order chi connectivity index (χ0) is 12.5. The average molecular weight is 257 g/mol. The van der Waals surface area contributed by atoms with E-state index in [1.165, 1.54) is 0 Å². The van der Waals surface area contributed by atoms with Crippen molar-refractivity contribution in [3.05, 3.63) is 59.3 Å². The Bertz CT molecular complexity index is 714. The summed E-state index contributed by atoms with van der Waals surface area (Å²) in [6.07, 6.45) is 0.732. The average Bonchev–Trinajstić information content (AvgIpc) is 2.77. The molecule has 0 N–H and O–H groups in total. The molecule has 1 heterocycles. The van der Waals surface area contributed by atoms with Crippen molar-refractivity contribution in [2.24, 2.45) is 0 Å². The lowest BCUT2D eigenvalue weighted by molar-refractivity contribution is 0.110. The van der Waals surface area contributed by atoms with Crippen LogP contribution in [0.4, 0.5) is 0 Å². The SMILES string of the molecule is O=Cc1oc2ccc(Cl)cc2c1-c1ccccc1. The van der Waals surface area contributed by atoms with Gasteiger partial charge >= 0.3 is 0 Å². The normalized spacial score (nSPS) is 10.7. The molecule has 0 saturated heterocycles. The van der Waals surface area contributed by atoms with Gasteiger partial charge < -0.3 is 4.42 Å². The summed E-state index contributed by atoms with van der Waals surface area (Å²) in [5, 5.41) is 1.48. The molecule has 3 heteroatoms. The zero-order valence-electron chi connectivity index (χ0n) is 9.39. The second kappa shape index (κ2) is 4.31. The molecule has 0 fully saturated rings. The lowest BCUT2D eigenvalue weighted by Gasteiger charge is -1.99. The van der Waals surface area contributed by atoms with Gasteiger partial charge in [0.05, 0.1) is 0 Å². The molecule has 88 valence electrons. The fourth-order valence-corrected chi connectivity index (χ4v) is 2.25. The molecule has 2 nitrogen and oxygen atoms in total. The first-order chi connectivity index (χ1) is 8.79. The molecule has 0 aliphatic rings. The Kier molecular flexibility index (Phi) is 2.65. The summed E-state index contributed by atoms with van der Waals surface area (Å²) >= 11 is 6.00. The highest BCUT2D eigenvalue weighted by Gasteiger charge is 2.15. The van der Waals surface area contributed by atoms with Gasteiger partial charge in [0.15, 0.2) is 12.0 Å². The van der Waals surface area contributed by atoms with Crippen LogP contribution in [0.15, 0.2) is 52.9 Å². The first-order valence-electron chi connectivity index (χ1n) is 5.52. The van der Waals surface area contributed by atoms with Crippen molar-refractivity contribution in [2.45, 2.75) is 0 Å². The van der Waals surface area contributed by atoms with E-state index in [1.807, 2.05) is 36.4 Å². The molecule has 18 heavy (non-hydrogen) atoms. The van der Waals surface area contributed by atoms with Crippen LogP contribution < -0.4 is 0 Å². The highest BCUT2D eigenvalue weighted by molar-refractivity contribution is 6.31. The van der Waals surface area contributed by atoms with E-state index in [2.05, 4.69) is 0 Å². The number of aldehydes is 1. The number of benzene rings is 2. The molecular weight excluding hydrogens is 248 g/mol. The Morgan fingerprint density at radius 2 is 1.83 bits per heavy atom. The molecule has 1 aromatic heterocycles. The molecule has 0 spiro atoms. The maximum Gasteiger partial charge on any atom is 0.186 e. The molecule has 0 atom stereocenters. The second-order valence-corrected chi connectivity index (χ2v) is 4.40. The topological polar surface area (TPSA) is 30.2 Å². The van der Waals surface area contributed by atoms with E-state index in [-0.39, 0.29) is 0 Å². The lowest BCUT2D eigenvalue weighted by atomic mass is 10.0. The van der Waals surface area contributed by atoms with Gasteiger partial charge in [-0.3, -0.25) is 4.79 Å². The number of halogens is 1. The van der Waals surface area contributed by atoms with E-state index in [0.717, 1.165) is 22.8 Å².